The van der Waals surface area contributed by atoms with Gasteiger partial charge in [-0.2, -0.15) is 5.10 Å². The van der Waals surface area contributed by atoms with Gasteiger partial charge in [-0.25, -0.2) is 0 Å². The highest BCUT2D eigenvalue weighted by molar-refractivity contribution is 6.65. The summed E-state index contributed by atoms with van der Waals surface area (Å²) in [6.45, 7) is 8.19. The highest BCUT2D eigenvalue weighted by atomic mass is 16.7. The van der Waals surface area contributed by atoms with Crippen molar-refractivity contribution in [3.05, 3.63) is 18.2 Å². The molecule has 2 N–H and O–H groups in total. The molecule has 0 amide bonds. The topological polar surface area (TPSA) is 62.3 Å². The van der Waals surface area contributed by atoms with E-state index in [1.165, 1.54) is 0 Å². The fourth-order valence-corrected chi connectivity index (χ4v) is 2.55. The van der Waals surface area contributed by atoms with Crippen molar-refractivity contribution < 1.29 is 9.31 Å². The molecule has 1 saturated heterocycles. The molecule has 0 unspecified atom stereocenters. The number of aromatic nitrogens is 2. The lowest BCUT2D eigenvalue weighted by Gasteiger charge is -2.32. The number of nitrogens with zero attached hydrogens (tertiary/aromatic N) is 2. The molecule has 5 nitrogen and oxygen atoms in total. The predicted molar refractivity (Wildman–Crippen MR) is 80.8 cm³/mol. The Bertz CT molecular complexity index is 662. The van der Waals surface area contributed by atoms with Gasteiger partial charge >= 0.3 is 7.12 Å². The van der Waals surface area contributed by atoms with Gasteiger partial charge in [-0.1, -0.05) is 12.1 Å². The summed E-state index contributed by atoms with van der Waals surface area (Å²) in [6.07, 6.45) is 0. The summed E-state index contributed by atoms with van der Waals surface area (Å²) in [7, 11) is 1.48. The van der Waals surface area contributed by atoms with Crippen molar-refractivity contribution in [1.29, 1.82) is 0 Å². The van der Waals surface area contributed by atoms with Crippen LogP contribution in [0.15, 0.2) is 18.2 Å². The third-order valence-corrected chi connectivity index (χ3v) is 4.43. The second kappa shape index (κ2) is 3.99. The number of anilines is 1. The smallest absolute Gasteiger partial charge is 0.399 e. The first-order chi connectivity index (χ1) is 9.23. The van der Waals surface area contributed by atoms with Crippen LogP contribution in [0.25, 0.3) is 10.9 Å². The van der Waals surface area contributed by atoms with Crippen molar-refractivity contribution in [1.82, 2.24) is 9.78 Å². The first-order valence-corrected chi connectivity index (χ1v) is 6.80. The molecule has 1 fully saturated rings. The molecule has 0 spiro atoms. The molecule has 2 aromatic rings. The van der Waals surface area contributed by atoms with Gasteiger partial charge in [0, 0.05) is 17.9 Å². The van der Waals surface area contributed by atoms with E-state index in [0.717, 1.165) is 16.4 Å². The van der Waals surface area contributed by atoms with E-state index in [-0.39, 0.29) is 11.2 Å². The number of para-hydroxylation sites is 1. The second-order valence-corrected chi connectivity index (χ2v) is 6.34. The maximum atomic E-state index is 6.12. The van der Waals surface area contributed by atoms with E-state index in [9.17, 15) is 0 Å². The van der Waals surface area contributed by atoms with Crippen molar-refractivity contribution in [3.63, 3.8) is 0 Å². The zero-order valence-corrected chi connectivity index (χ0v) is 12.6. The van der Waals surface area contributed by atoms with Gasteiger partial charge in [-0.3, -0.25) is 4.68 Å². The standard InChI is InChI=1S/C14H20BN3O2/c1-13(2)14(3,4)20-15(19-13)10-8-6-7-9-11(10)18(5)17-12(9)16/h6-8H,1-5H3,(H2,16,17). The van der Waals surface area contributed by atoms with Crippen LogP contribution in [0.3, 0.4) is 0 Å². The van der Waals surface area contributed by atoms with Crippen molar-refractivity contribution in [2.24, 2.45) is 7.05 Å². The maximum absolute atomic E-state index is 6.12. The minimum atomic E-state index is -0.404. The Morgan fingerprint density at radius 3 is 2.35 bits per heavy atom. The monoisotopic (exact) mass is 273 g/mol. The van der Waals surface area contributed by atoms with E-state index >= 15 is 0 Å². The van der Waals surface area contributed by atoms with Crippen molar-refractivity contribution in [3.8, 4) is 0 Å². The zero-order chi connectivity index (χ0) is 14.7. The Labute approximate surface area is 119 Å². The molecule has 3 rings (SSSR count). The Balaban J connectivity index is 2.13. The molecule has 1 aromatic carbocycles. The lowest BCUT2D eigenvalue weighted by atomic mass is 9.78. The molecule has 106 valence electrons. The van der Waals surface area contributed by atoms with Crippen molar-refractivity contribution in [2.75, 3.05) is 5.73 Å². The van der Waals surface area contributed by atoms with Gasteiger partial charge in [0.05, 0.1) is 16.7 Å². The second-order valence-electron chi connectivity index (χ2n) is 6.34. The predicted octanol–water partition coefficient (Wildman–Crippen LogP) is 1.45. The number of nitrogen functional groups attached to an aromatic ring is 1. The lowest BCUT2D eigenvalue weighted by molar-refractivity contribution is 0.00578. The summed E-state index contributed by atoms with van der Waals surface area (Å²) in [5.41, 5.74) is 7.15. The normalized spacial score (nSPS) is 20.8. The van der Waals surface area contributed by atoms with Gasteiger partial charge in [-0.15, -0.1) is 0 Å². The number of aryl methyl sites for hydroxylation is 1. The molecule has 1 aliphatic heterocycles. The van der Waals surface area contributed by atoms with Crippen LogP contribution in [0, 0.1) is 0 Å². The number of fused-ring (bicyclic) bond motifs is 1. The Morgan fingerprint density at radius 2 is 1.75 bits per heavy atom. The fraction of sp³-hybridized carbons (Fsp3) is 0.500. The van der Waals surface area contributed by atoms with Gasteiger partial charge in [-0.05, 0) is 33.8 Å². The van der Waals surface area contributed by atoms with E-state index in [0.29, 0.717) is 5.82 Å². The third kappa shape index (κ3) is 1.75. The summed E-state index contributed by atoms with van der Waals surface area (Å²) >= 11 is 0. The first kappa shape index (κ1) is 13.5. The van der Waals surface area contributed by atoms with E-state index in [4.69, 9.17) is 15.0 Å². The van der Waals surface area contributed by atoms with Crippen LogP contribution < -0.4 is 11.2 Å². The highest BCUT2D eigenvalue weighted by Crippen LogP contribution is 2.37. The highest BCUT2D eigenvalue weighted by Gasteiger charge is 2.52. The minimum absolute atomic E-state index is 0.357. The zero-order valence-electron chi connectivity index (χ0n) is 12.6. The molecule has 1 aliphatic rings. The van der Waals surface area contributed by atoms with Gasteiger partial charge in [0.2, 0.25) is 0 Å². The molecule has 0 saturated carbocycles. The summed E-state index contributed by atoms with van der Waals surface area (Å²) in [4.78, 5) is 0. The average molecular weight is 273 g/mol. The van der Waals surface area contributed by atoms with Crippen LogP contribution in [0.2, 0.25) is 0 Å². The molecule has 0 aliphatic carbocycles. The average Bonchev–Trinajstić information content (AvgIpc) is 2.74. The minimum Gasteiger partial charge on any atom is -0.399 e. The van der Waals surface area contributed by atoms with Gasteiger partial charge in [0.15, 0.2) is 5.82 Å². The molecule has 20 heavy (non-hydrogen) atoms. The molecule has 6 heteroatoms. The van der Waals surface area contributed by atoms with Crippen molar-refractivity contribution >= 4 is 29.3 Å². The van der Waals surface area contributed by atoms with Crippen molar-refractivity contribution in [2.45, 2.75) is 38.9 Å². The van der Waals surface area contributed by atoms with Crippen LogP contribution in [-0.4, -0.2) is 28.1 Å². The molecule has 1 aromatic heterocycles. The Morgan fingerprint density at radius 1 is 1.15 bits per heavy atom. The van der Waals surface area contributed by atoms with E-state index in [2.05, 4.69) is 5.10 Å². The van der Waals surface area contributed by atoms with Crippen LogP contribution in [-0.2, 0) is 16.4 Å². The Kier molecular flexibility index (Phi) is 2.69. The van der Waals surface area contributed by atoms with Gasteiger partial charge in [0.25, 0.3) is 0 Å². The van der Waals surface area contributed by atoms with E-state index in [1.807, 2.05) is 52.9 Å². The van der Waals surface area contributed by atoms with Gasteiger partial charge in [0.1, 0.15) is 0 Å². The maximum Gasteiger partial charge on any atom is 0.497 e. The third-order valence-electron chi connectivity index (χ3n) is 4.43. The number of nitrogens with two attached hydrogens (primary N) is 1. The molecule has 0 bridgehead atoms. The quantitative estimate of drug-likeness (QED) is 0.799. The Hall–Kier alpha value is -1.53. The van der Waals surface area contributed by atoms with Crippen LogP contribution in [0.5, 0.6) is 0 Å². The summed E-state index contributed by atoms with van der Waals surface area (Å²) < 4.78 is 14.0. The van der Waals surface area contributed by atoms with Crippen LogP contribution >= 0.6 is 0 Å². The molecule has 2 heterocycles. The first-order valence-electron chi connectivity index (χ1n) is 6.80. The molecular weight excluding hydrogens is 253 g/mol. The SMILES string of the molecule is Cn1nc(N)c2cccc(B3OC(C)(C)C(C)(C)O3)c21. The fourth-order valence-electron chi connectivity index (χ4n) is 2.55. The number of hydrogen-bond donors (Lipinski definition) is 1. The summed E-state index contributed by atoms with van der Waals surface area (Å²) in [5.74, 6) is 0.529. The number of hydrogen-bond acceptors (Lipinski definition) is 4. The molecular formula is C14H20BN3O2. The largest absolute Gasteiger partial charge is 0.497 e. The lowest BCUT2D eigenvalue weighted by Crippen LogP contribution is -2.41. The number of rotatable bonds is 1. The number of benzene rings is 1. The molecule has 0 atom stereocenters. The van der Waals surface area contributed by atoms with E-state index < -0.39 is 7.12 Å². The summed E-state index contributed by atoms with van der Waals surface area (Å²) in [6, 6.07) is 5.93. The van der Waals surface area contributed by atoms with Crippen LogP contribution in [0.1, 0.15) is 27.7 Å². The molecule has 0 radical (unpaired) electrons. The summed E-state index contributed by atoms with van der Waals surface area (Å²) in [5, 5.41) is 5.21. The van der Waals surface area contributed by atoms with Gasteiger partial charge < -0.3 is 15.0 Å². The van der Waals surface area contributed by atoms with Crippen LogP contribution in [0.4, 0.5) is 5.82 Å². The van der Waals surface area contributed by atoms with E-state index in [1.54, 1.807) is 4.68 Å².